The van der Waals surface area contributed by atoms with Crippen LogP contribution in [0.4, 0.5) is 27.6 Å². The topological polar surface area (TPSA) is 32.3 Å². The molecule has 1 aromatic carbocycles. The molecule has 0 bridgehead atoms. The van der Waals surface area contributed by atoms with Crippen LogP contribution in [-0.2, 0) is 0 Å². The molecule has 1 saturated carbocycles. The summed E-state index contributed by atoms with van der Waals surface area (Å²) in [7, 11) is 0. The van der Waals surface area contributed by atoms with Crippen molar-refractivity contribution in [3.05, 3.63) is 29.1 Å². The first-order valence-corrected chi connectivity index (χ1v) is 5.89. The molecule has 0 spiro atoms. The van der Waals surface area contributed by atoms with E-state index in [-0.39, 0.29) is 0 Å². The summed E-state index contributed by atoms with van der Waals surface area (Å²) < 4.78 is 65.7. The summed E-state index contributed by atoms with van der Waals surface area (Å²) >= 11 is 0. The first kappa shape index (κ1) is 14.0. The minimum Gasteiger partial charge on any atom is -0.391 e. The zero-order valence-electron chi connectivity index (χ0n) is 9.82. The van der Waals surface area contributed by atoms with E-state index in [2.05, 4.69) is 5.32 Å². The van der Waals surface area contributed by atoms with E-state index in [1.165, 1.54) is 0 Å². The van der Waals surface area contributed by atoms with Gasteiger partial charge in [-0.2, -0.15) is 0 Å². The summed E-state index contributed by atoms with van der Waals surface area (Å²) in [5, 5.41) is 11.9. The number of benzene rings is 1. The Morgan fingerprint density at radius 1 is 0.789 bits per heavy atom. The highest BCUT2D eigenvalue weighted by molar-refractivity contribution is 5.48. The van der Waals surface area contributed by atoms with Gasteiger partial charge in [-0.3, -0.25) is 0 Å². The van der Waals surface area contributed by atoms with Crippen molar-refractivity contribution in [2.45, 2.75) is 37.8 Å². The SMILES string of the molecule is O[C@@H]1CCCC[C@H]1Nc1c(F)c(F)c(F)c(F)c1F. The van der Waals surface area contributed by atoms with E-state index >= 15 is 0 Å². The van der Waals surface area contributed by atoms with Crippen molar-refractivity contribution in [2.75, 3.05) is 5.32 Å². The fraction of sp³-hybridized carbons (Fsp3) is 0.500. The van der Waals surface area contributed by atoms with Crippen molar-refractivity contribution in [1.29, 1.82) is 0 Å². The lowest BCUT2D eigenvalue weighted by atomic mass is 9.92. The van der Waals surface area contributed by atoms with Crippen LogP contribution in [0.3, 0.4) is 0 Å². The molecule has 1 aromatic rings. The van der Waals surface area contributed by atoms with Crippen molar-refractivity contribution < 1.29 is 27.1 Å². The maximum absolute atomic E-state index is 13.4. The molecular formula is C12H12F5NO. The molecule has 1 fully saturated rings. The van der Waals surface area contributed by atoms with Gasteiger partial charge in [0, 0.05) is 0 Å². The van der Waals surface area contributed by atoms with Gasteiger partial charge < -0.3 is 10.4 Å². The molecule has 2 rings (SSSR count). The van der Waals surface area contributed by atoms with Gasteiger partial charge >= 0.3 is 0 Å². The average Bonchev–Trinajstić information content (AvgIpc) is 2.41. The molecule has 19 heavy (non-hydrogen) atoms. The summed E-state index contributed by atoms with van der Waals surface area (Å²) in [4.78, 5) is 0. The van der Waals surface area contributed by atoms with Gasteiger partial charge in [0.15, 0.2) is 23.3 Å². The number of anilines is 1. The number of aliphatic hydroxyl groups excluding tert-OH is 1. The van der Waals surface area contributed by atoms with E-state index in [0.29, 0.717) is 19.3 Å². The van der Waals surface area contributed by atoms with Crippen LogP contribution in [0.5, 0.6) is 0 Å². The molecule has 2 N–H and O–H groups in total. The molecule has 0 heterocycles. The van der Waals surface area contributed by atoms with Gasteiger partial charge in [0.05, 0.1) is 12.1 Å². The molecule has 0 saturated heterocycles. The van der Waals surface area contributed by atoms with E-state index in [1.807, 2.05) is 0 Å². The van der Waals surface area contributed by atoms with Crippen LogP contribution >= 0.6 is 0 Å². The maximum Gasteiger partial charge on any atom is 0.200 e. The van der Waals surface area contributed by atoms with Gasteiger partial charge in [0.2, 0.25) is 5.82 Å². The summed E-state index contributed by atoms with van der Waals surface area (Å²) in [6, 6.07) is -0.720. The van der Waals surface area contributed by atoms with Crippen LogP contribution in [0.25, 0.3) is 0 Å². The molecule has 0 unspecified atom stereocenters. The van der Waals surface area contributed by atoms with Gasteiger partial charge in [0.25, 0.3) is 0 Å². The fourth-order valence-corrected chi connectivity index (χ4v) is 2.20. The molecule has 106 valence electrons. The molecule has 2 atom stereocenters. The van der Waals surface area contributed by atoms with Crippen LogP contribution in [0.15, 0.2) is 0 Å². The van der Waals surface area contributed by atoms with Crippen LogP contribution in [0.2, 0.25) is 0 Å². The fourth-order valence-electron chi connectivity index (χ4n) is 2.20. The maximum atomic E-state index is 13.4. The van der Waals surface area contributed by atoms with Gasteiger partial charge in [-0.15, -0.1) is 0 Å². The minimum absolute atomic E-state index is 0.403. The van der Waals surface area contributed by atoms with Crippen molar-refractivity contribution in [3.63, 3.8) is 0 Å². The molecule has 0 aromatic heterocycles. The Balaban J connectivity index is 2.34. The second kappa shape index (κ2) is 5.32. The third-order valence-corrected chi connectivity index (χ3v) is 3.27. The lowest BCUT2D eigenvalue weighted by Gasteiger charge is -2.29. The first-order valence-electron chi connectivity index (χ1n) is 5.89. The van der Waals surface area contributed by atoms with Gasteiger partial charge in [-0.05, 0) is 12.8 Å². The third-order valence-electron chi connectivity index (χ3n) is 3.27. The third kappa shape index (κ3) is 2.51. The number of hydrogen-bond acceptors (Lipinski definition) is 2. The number of hydrogen-bond donors (Lipinski definition) is 2. The first-order chi connectivity index (χ1) is 8.93. The molecule has 1 aliphatic carbocycles. The lowest BCUT2D eigenvalue weighted by Crippen LogP contribution is -2.37. The minimum atomic E-state index is -2.19. The van der Waals surface area contributed by atoms with Gasteiger partial charge in [0.1, 0.15) is 5.69 Å². The van der Waals surface area contributed by atoms with Crippen LogP contribution in [0.1, 0.15) is 25.7 Å². The predicted molar refractivity (Wildman–Crippen MR) is 58.1 cm³/mol. The van der Waals surface area contributed by atoms with Crippen LogP contribution < -0.4 is 5.32 Å². The summed E-state index contributed by atoms with van der Waals surface area (Å²) in [5.74, 6) is -9.99. The Morgan fingerprint density at radius 3 is 1.79 bits per heavy atom. The largest absolute Gasteiger partial charge is 0.391 e. The quantitative estimate of drug-likeness (QED) is 0.496. The van der Waals surface area contributed by atoms with Crippen LogP contribution in [0, 0.1) is 29.1 Å². The summed E-state index contributed by atoms with van der Waals surface area (Å²) in [6.45, 7) is 0. The van der Waals surface area contributed by atoms with Gasteiger partial charge in [-0.25, -0.2) is 22.0 Å². The normalized spacial score (nSPS) is 23.5. The van der Waals surface area contributed by atoms with Gasteiger partial charge in [-0.1, -0.05) is 12.8 Å². The highest BCUT2D eigenvalue weighted by Crippen LogP contribution is 2.30. The zero-order chi connectivity index (χ0) is 14.2. The van der Waals surface area contributed by atoms with Crippen molar-refractivity contribution in [2.24, 2.45) is 0 Å². The monoisotopic (exact) mass is 281 g/mol. The molecule has 7 heteroatoms. The van der Waals surface area contributed by atoms with E-state index in [1.54, 1.807) is 0 Å². The molecule has 0 radical (unpaired) electrons. The predicted octanol–water partition coefficient (Wildman–Crippen LogP) is 3.10. The second-order valence-electron chi connectivity index (χ2n) is 4.55. The Kier molecular flexibility index (Phi) is 3.93. The van der Waals surface area contributed by atoms with Crippen molar-refractivity contribution >= 4 is 5.69 Å². The average molecular weight is 281 g/mol. The van der Waals surface area contributed by atoms with E-state index in [0.717, 1.165) is 6.42 Å². The number of nitrogens with one attached hydrogen (secondary N) is 1. The number of rotatable bonds is 2. The summed E-state index contributed by atoms with van der Waals surface area (Å²) in [5.41, 5.74) is -1.08. The number of aliphatic hydroxyl groups is 1. The molecule has 2 nitrogen and oxygen atoms in total. The zero-order valence-corrected chi connectivity index (χ0v) is 9.82. The van der Waals surface area contributed by atoms with E-state index in [9.17, 15) is 27.1 Å². The van der Waals surface area contributed by atoms with Crippen LogP contribution in [-0.4, -0.2) is 17.3 Å². The Hall–Kier alpha value is -1.37. The Morgan fingerprint density at radius 2 is 1.26 bits per heavy atom. The second-order valence-corrected chi connectivity index (χ2v) is 4.55. The highest BCUT2D eigenvalue weighted by Gasteiger charge is 2.30. The smallest absolute Gasteiger partial charge is 0.200 e. The van der Waals surface area contributed by atoms with Crippen molar-refractivity contribution in [1.82, 2.24) is 0 Å². The highest BCUT2D eigenvalue weighted by atomic mass is 19.2. The molecule has 1 aliphatic rings. The molecular weight excluding hydrogens is 269 g/mol. The molecule has 0 amide bonds. The molecule has 0 aliphatic heterocycles. The number of halogens is 5. The van der Waals surface area contributed by atoms with E-state index < -0.39 is 46.9 Å². The summed E-state index contributed by atoms with van der Waals surface area (Å²) in [6.07, 6.45) is 1.43. The Labute approximate surface area is 106 Å². The Bertz CT molecular complexity index is 464. The lowest BCUT2D eigenvalue weighted by molar-refractivity contribution is 0.116. The standard InChI is InChI=1S/C12H12F5NO/c13-7-8(14)10(16)12(11(17)9(7)15)18-5-3-1-2-4-6(5)19/h5-6,18-19H,1-4H2/t5-,6-/m1/s1. The van der Waals surface area contributed by atoms with Crippen molar-refractivity contribution in [3.8, 4) is 0 Å². The van der Waals surface area contributed by atoms with E-state index in [4.69, 9.17) is 0 Å².